The highest BCUT2D eigenvalue weighted by atomic mass is 32.2. The van der Waals surface area contributed by atoms with Gasteiger partial charge < -0.3 is 10.6 Å². The minimum Gasteiger partial charge on any atom is -0.341 e. The monoisotopic (exact) mass is 258 g/mol. The van der Waals surface area contributed by atoms with E-state index in [-0.39, 0.29) is 11.8 Å². The van der Waals surface area contributed by atoms with Crippen LogP contribution in [0, 0.1) is 11.8 Å². The molecule has 1 saturated heterocycles. The number of hydrogen-bond acceptors (Lipinski definition) is 3. The molecule has 1 heterocycles. The van der Waals surface area contributed by atoms with Crippen molar-refractivity contribution in [3.05, 3.63) is 0 Å². The average Bonchev–Trinajstić information content (AvgIpc) is 2.39. The zero-order valence-corrected chi connectivity index (χ0v) is 11.1. The topological polar surface area (TPSA) is 63.4 Å². The first-order chi connectivity index (χ1) is 8.20. The maximum Gasteiger partial charge on any atom is 0.225 e. The summed E-state index contributed by atoms with van der Waals surface area (Å²) in [4.78, 5) is 14.2. The fraction of sp³-hybridized carbons (Fsp3) is 0.917. The highest BCUT2D eigenvalue weighted by molar-refractivity contribution is 7.85. The van der Waals surface area contributed by atoms with Gasteiger partial charge in [0.2, 0.25) is 5.91 Å². The van der Waals surface area contributed by atoms with Crippen LogP contribution in [0.2, 0.25) is 0 Å². The van der Waals surface area contributed by atoms with Crippen LogP contribution in [0.4, 0.5) is 0 Å². The Morgan fingerprint density at radius 1 is 1.18 bits per heavy atom. The lowest BCUT2D eigenvalue weighted by molar-refractivity contribution is -0.136. The van der Waals surface area contributed by atoms with Gasteiger partial charge in [0, 0.05) is 41.3 Å². The molecular formula is C12H22N2O2S. The van der Waals surface area contributed by atoms with Crippen molar-refractivity contribution in [1.29, 1.82) is 0 Å². The smallest absolute Gasteiger partial charge is 0.225 e. The van der Waals surface area contributed by atoms with E-state index in [0.29, 0.717) is 30.5 Å². The van der Waals surface area contributed by atoms with Crippen LogP contribution >= 0.6 is 0 Å². The van der Waals surface area contributed by atoms with Crippen molar-refractivity contribution in [3.8, 4) is 0 Å². The van der Waals surface area contributed by atoms with Gasteiger partial charge >= 0.3 is 0 Å². The number of rotatable bonds is 2. The maximum atomic E-state index is 12.3. The number of amides is 1. The molecule has 1 aliphatic heterocycles. The van der Waals surface area contributed by atoms with Crippen molar-refractivity contribution in [2.24, 2.45) is 17.6 Å². The predicted molar refractivity (Wildman–Crippen MR) is 69.0 cm³/mol. The van der Waals surface area contributed by atoms with Gasteiger partial charge in [-0.25, -0.2) is 0 Å². The zero-order valence-electron chi connectivity index (χ0n) is 10.3. The Morgan fingerprint density at radius 2 is 1.76 bits per heavy atom. The molecule has 2 rings (SSSR count). The summed E-state index contributed by atoms with van der Waals surface area (Å²) in [5, 5.41) is 0. The fourth-order valence-corrected chi connectivity index (χ4v) is 3.81. The Hall–Kier alpha value is -0.420. The van der Waals surface area contributed by atoms with Crippen LogP contribution < -0.4 is 5.73 Å². The average molecular weight is 258 g/mol. The summed E-state index contributed by atoms with van der Waals surface area (Å²) in [5.41, 5.74) is 5.65. The van der Waals surface area contributed by atoms with Gasteiger partial charge in [0.1, 0.15) is 0 Å². The molecule has 0 atom stereocenters. The van der Waals surface area contributed by atoms with Crippen molar-refractivity contribution in [2.75, 3.05) is 31.1 Å². The summed E-state index contributed by atoms with van der Waals surface area (Å²) in [6, 6.07) is 0. The predicted octanol–water partition coefficient (Wildman–Crippen LogP) is 0.342. The van der Waals surface area contributed by atoms with Crippen molar-refractivity contribution >= 4 is 16.7 Å². The van der Waals surface area contributed by atoms with Gasteiger partial charge in [0.05, 0.1) is 0 Å². The summed E-state index contributed by atoms with van der Waals surface area (Å²) < 4.78 is 11.2. The lowest BCUT2D eigenvalue weighted by Gasteiger charge is -2.33. The van der Waals surface area contributed by atoms with E-state index in [0.717, 1.165) is 32.2 Å². The lowest BCUT2D eigenvalue weighted by atomic mass is 9.81. The second-order valence-electron chi connectivity index (χ2n) is 5.13. The van der Waals surface area contributed by atoms with Crippen molar-refractivity contribution in [2.45, 2.75) is 25.7 Å². The van der Waals surface area contributed by atoms with E-state index >= 15 is 0 Å². The molecule has 4 nitrogen and oxygen atoms in total. The van der Waals surface area contributed by atoms with Gasteiger partial charge in [-0.2, -0.15) is 0 Å². The van der Waals surface area contributed by atoms with E-state index in [1.54, 1.807) is 0 Å². The molecule has 2 N–H and O–H groups in total. The molecule has 17 heavy (non-hydrogen) atoms. The van der Waals surface area contributed by atoms with Gasteiger partial charge in [0.15, 0.2) is 0 Å². The van der Waals surface area contributed by atoms with E-state index in [9.17, 15) is 9.00 Å². The summed E-state index contributed by atoms with van der Waals surface area (Å²) in [5.74, 6) is 2.42. The first kappa shape index (κ1) is 13.0. The molecule has 98 valence electrons. The third-order valence-corrected chi connectivity index (χ3v) is 5.29. The normalized spacial score (nSPS) is 31.5. The van der Waals surface area contributed by atoms with Crippen LogP contribution in [0.5, 0.6) is 0 Å². The van der Waals surface area contributed by atoms with Gasteiger partial charge in [0.25, 0.3) is 0 Å². The summed E-state index contributed by atoms with van der Waals surface area (Å²) >= 11 is 0. The van der Waals surface area contributed by atoms with Crippen molar-refractivity contribution in [1.82, 2.24) is 4.90 Å². The highest BCUT2D eigenvalue weighted by Gasteiger charge is 2.30. The molecule has 0 spiro atoms. The minimum absolute atomic E-state index is 0.198. The van der Waals surface area contributed by atoms with Crippen LogP contribution in [0.3, 0.4) is 0 Å². The molecular weight excluding hydrogens is 236 g/mol. The third kappa shape index (κ3) is 3.28. The SMILES string of the molecule is NCC1CCC(C(=O)N2CCS(=O)CC2)CC1. The van der Waals surface area contributed by atoms with Gasteiger partial charge in [-0.1, -0.05) is 0 Å². The third-order valence-electron chi connectivity index (χ3n) is 4.02. The number of nitrogens with two attached hydrogens (primary N) is 1. The Labute approximate surface area is 105 Å². The molecule has 0 aromatic carbocycles. The van der Waals surface area contributed by atoms with Gasteiger partial charge in [-0.15, -0.1) is 0 Å². The largest absolute Gasteiger partial charge is 0.341 e. The van der Waals surface area contributed by atoms with Crippen LogP contribution in [0.1, 0.15) is 25.7 Å². The maximum absolute atomic E-state index is 12.3. The Morgan fingerprint density at radius 3 is 2.29 bits per heavy atom. The molecule has 0 aromatic heterocycles. The van der Waals surface area contributed by atoms with Gasteiger partial charge in [-0.05, 0) is 38.1 Å². The summed E-state index contributed by atoms with van der Waals surface area (Å²) in [6.45, 7) is 2.12. The second-order valence-corrected chi connectivity index (χ2v) is 6.82. The van der Waals surface area contributed by atoms with Crippen molar-refractivity contribution in [3.63, 3.8) is 0 Å². The fourth-order valence-electron chi connectivity index (χ4n) is 2.76. The second kappa shape index (κ2) is 5.96. The number of carbonyl (C=O) groups excluding carboxylic acids is 1. The minimum atomic E-state index is -0.700. The molecule has 1 saturated carbocycles. The van der Waals surface area contributed by atoms with Crippen LogP contribution in [0.25, 0.3) is 0 Å². The first-order valence-electron chi connectivity index (χ1n) is 6.54. The van der Waals surface area contributed by atoms with E-state index in [4.69, 9.17) is 5.73 Å². The van der Waals surface area contributed by atoms with E-state index in [2.05, 4.69) is 0 Å². The molecule has 0 bridgehead atoms. The molecule has 1 amide bonds. The summed E-state index contributed by atoms with van der Waals surface area (Å²) in [7, 11) is -0.700. The highest BCUT2D eigenvalue weighted by Crippen LogP contribution is 2.29. The van der Waals surface area contributed by atoms with Gasteiger partial charge in [-0.3, -0.25) is 9.00 Å². The molecule has 2 aliphatic rings. The van der Waals surface area contributed by atoms with E-state index in [1.807, 2.05) is 4.90 Å². The molecule has 0 aromatic rings. The van der Waals surface area contributed by atoms with Crippen LogP contribution in [-0.2, 0) is 15.6 Å². The Bertz CT molecular complexity index is 291. The van der Waals surface area contributed by atoms with Crippen LogP contribution in [0.15, 0.2) is 0 Å². The zero-order chi connectivity index (χ0) is 12.3. The lowest BCUT2D eigenvalue weighted by Crippen LogP contribution is -2.45. The van der Waals surface area contributed by atoms with E-state index in [1.165, 1.54) is 0 Å². The standard InChI is InChI=1S/C12H22N2O2S/c13-9-10-1-3-11(4-2-10)12(15)14-5-7-17(16)8-6-14/h10-11H,1-9,13H2. The van der Waals surface area contributed by atoms with Crippen molar-refractivity contribution < 1.29 is 9.00 Å². The molecule has 0 radical (unpaired) electrons. The molecule has 5 heteroatoms. The summed E-state index contributed by atoms with van der Waals surface area (Å²) in [6.07, 6.45) is 4.15. The van der Waals surface area contributed by atoms with E-state index < -0.39 is 10.8 Å². The number of nitrogens with zero attached hydrogens (tertiary/aromatic N) is 1. The number of hydrogen-bond donors (Lipinski definition) is 1. The molecule has 1 aliphatic carbocycles. The quantitative estimate of drug-likeness (QED) is 0.777. The Balaban J connectivity index is 1.82. The number of carbonyl (C=O) groups is 1. The first-order valence-corrected chi connectivity index (χ1v) is 8.03. The Kier molecular flexibility index (Phi) is 4.56. The molecule has 2 fully saturated rings. The van der Waals surface area contributed by atoms with Crippen LogP contribution in [-0.4, -0.2) is 46.2 Å². The molecule has 0 unspecified atom stereocenters.